The topological polar surface area (TPSA) is 83.7 Å². The molecule has 1 heterocycles. The van der Waals surface area contributed by atoms with Crippen LogP contribution in [0, 0.1) is 0 Å². The van der Waals surface area contributed by atoms with Gasteiger partial charge in [-0.25, -0.2) is 5.32 Å². The zero-order valence-corrected chi connectivity index (χ0v) is 17.6. The Hall–Kier alpha value is -3.48. The lowest BCUT2D eigenvalue weighted by molar-refractivity contribution is -0.114. The number of amides is 2. The first-order chi connectivity index (χ1) is 15.0. The van der Waals surface area contributed by atoms with Gasteiger partial charge in [-0.1, -0.05) is 24.3 Å². The third-order valence-electron chi connectivity index (χ3n) is 5.39. The number of benzene rings is 3. The summed E-state index contributed by atoms with van der Waals surface area (Å²) in [6, 6.07) is 15.3. The van der Waals surface area contributed by atoms with Gasteiger partial charge in [0.05, 0.1) is 6.61 Å². The minimum atomic E-state index is -0.300. The number of aliphatic hydroxyl groups excluding tert-OH is 1. The van der Waals surface area contributed by atoms with Gasteiger partial charge in [0.15, 0.2) is 0 Å². The van der Waals surface area contributed by atoms with Crippen LogP contribution < -0.4 is 21.1 Å². The largest absolute Gasteiger partial charge is 0.392 e. The summed E-state index contributed by atoms with van der Waals surface area (Å²) in [6.07, 6.45) is 3.08. The van der Waals surface area contributed by atoms with Gasteiger partial charge in [0.25, 0.3) is 11.8 Å². The summed E-state index contributed by atoms with van der Waals surface area (Å²) in [4.78, 5) is 26.0. The first kappa shape index (κ1) is 20.8. The van der Waals surface area contributed by atoms with E-state index in [1.807, 2.05) is 67.5 Å². The van der Waals surface area contributed by atoms with Crippen molar-refractivity contribution >= 4 is 34.9 Å². The molecule has 0 unspecified atom stereocenters. The lowest BCUT2D eigenvalue weighted by atomic mass is 9.95. The summed E-state index contributed by atoms with van der Waals surface area (Å²) >= 11 is 0. The first-order valence-corrected chi connectivity index (χ1v) is 10.1. The molecular weight excluding hydrogens is 390 g/mol. The van der Waals surface area contributed by atoms with Crippen LogP contribution in [0.1, 0.15) is 15.9 Å². The minimum Gasteiger partial charge on any atom is -0.392 e. The van der Waals surface area contributed by atoms with Crippen molar-refractivity contribution < 1.29 is 14.7 Å². The molecule has 1 aliphatic rings. The molecule has 6 nitrogen and oxygen atoms in total. The molecule has 1 aliphatic heterocycles. The van der Waals surface area contributed by atoms with Gasteiger partial charge < -0.3 is 15.3 Å². The quantitative estimate of drug-likeness (QED) is 0.629. The van der Waals surface area contributed by atoms with E-state index >= 15 is 0 Å². The highest BCUT2D eigenvalue weighted by molar-refractivity contribution is 6.08. The van der Waals surface area contributed by atoms with Crippen LogP contribution in [-0.2, 0) is 11.4 Å². The minimum absolute atomic E-state index is 0.0926. The molecule has 0 saturated heterocycles. The number of carbonyl (C=O) groups excluding carboxylic acids is 2. The van der Waals surface area contributed by atoms with Crippen molar-refractivity contribution in [1.82, 2.24) is 15.5 Å². The van der Waals surface area contributed by atoms with E-state index < -0.39 is 0 Å². The Kier molecular flexibility index (Phi) is 5.84. The molecule has 0 bridgehead atoms. The molecular formula is C25H24N3O3. The van der Waals surface area contributed by atoms with Crippen molar-refractivity contribution in [3.63, 3.8) is 0 Å². The highest BCUT2D eigenvalue weighted by Gasteiger charge is 2.11. The predicted octanol–water partition coefficient (Wildman–Crippen LogP) is 0.954. The van der Waals surface area contributed by atoms with E-state index in [0.717, 1.165) is 44.4 Å². The molecule has 0 aromatic heterocycles. The van der Waals surface area contributed by atoms with E-state index in [4.69, 9.17) is 0 Å². The van der Waals surface area contributed by atoms with E-state index in [1.54, 1.807) is 6.20 Å². The zero-order valence-electron chi connectivity index (χ0n) is 17.6. The second-order valence-corrected chi connectivity index (χ2v) is 7.83. The van der Waals surface area contributed by atoms with Gasteiger partial charge in [0, 0.05) is 36.1 Å². The lowest BCUT2D eigenvalue weighted by Gasteiger charge is -2.12. The van der Waals surface area contributed by atoms with Gasteiger partial charge in [-0.05, 0) is 71.0 Å². The molecule has 0 fully saturated rings. The number of hydrogen-bond acceptors (Lipinski definition) is 4. The van der Waals surface area contributed by atoms with Crippen molar-refractivity contribution in [2.45, 2.75) is 6.61 Å². The smallest absolute Gasteiger partial charge is 0.270 e. The van der Waals surface area contributed by atoms with E-state index in [1.165, 1.54) is 6.08 Å². The Morgan fingerprint density at radius 3 is 2.48 bits per heavy atom. The Labute approximate surface area is 180 Å². The fourth-order valence-corrected chi connectivity index (χ4v) is 3.73. The molecule has 1 radical (unpaired) electrons. The molecule has 2 amide bonds. The maximum absolute atomic E-state index is 12.3. The number of aliphatic hydroxyl groups is 1. The highest BCUT2D eigenvalue weighted by atomic mass is 16.3. The average molecular weight is 414 g/mol. The van der Waals surface area contributed by atoms with Gasteiger partial charge in [-0.3, -0.25) is 9.59 Å². The van der Waals surface area contributed by atoms with Crippen LogP contribution in [-0.4, -0.2) is 49.0 Å². The summed E-state index contributed by atoms with van der Waals surface area (Å²) in [5.41, 5.74) is 3.34. The van der Waals surface area contributed by atoms with E-state index in [-0.39, 0.29) is 18.4 Å². The zero-order chi connectivity index (χ0) is 22.0. The predicted molar refractivity (Wildman–Crippen MR) is 122 cm³/mol. The normalized spacial score (nSPS) is 12.7. The van der Waals surface area contributed by atoms with Crippen molar-refractivity contribution in [2.24, 2.45) is 0 Å². The summed E-state index contributed by atoms with van der Waals surface area (Å²) in [5.74, 6) is -0.392. The van der Waals surface area contributed by atoms with Gasteiger partial charge >= 0.3 is 0 Å². The number of nitrogens with one attached hydrogen (secondary N) is 1. The second kappa shape index (κ2) is 8.71. The van der Waals surface area contributed by atoms with Crippen molar-refractivity contribution in [2.75, 3.05) is 27.2 Å². The van der Waals surface area contributed by atoms with Crippen molar-refractivity contribution in [1.29, 1.82) is 0 Å². The Morgan fingerprint density at radius 2 is 1.77 bits per heavy atom. The average Bonchev–Trinajstić information content (AvgIpc) is 2.77. The van der Waals surface area contributed by atoms with Crippen molar-refractivity contribution in [3.8, 4) is 11.1 Å². The van der Waals surface area contributed by atoms with E-state index in [0.29, 0.717) is 12.1 Å². The monoisotopic (exact) mass is 414 g/mol. The third kappa shape index (κ3) is 4.35. The fourth-order valence-electron chi connectivity index (χ4n) is 3.73. The van der Waals surface area contributed by atoms with Crippen LogP contribution in [0.4, 0.5) is 0 Å². The Balaban J connectivity index is 1.68. The molecule has 0 aliphatic carbocycles. The van der Waals surface area contributed by atoms with Gasteiger partial charge in [0.1, 0.15) is 0 Å². The van der Waals surface area contributed by atoms with Crippen LogP contribution in [0.15, 0.2) is 48.5 Å². The molecule has 0 spiro atoms. The summed E-state index contributed by atoms with van der Waals surface area (Å²) < 4.78 is 0. The third-order valence-corrected chi connectivity index (χ3v) is 5.39. The van der Waals surface area contributed by atoms with Crippen LogP contribution in [0.5, 0.6) is 0 Å². The molecule has 0 saturated carbocycles. The van der Waals surface area contributed by atoms with Crippen molar-refractivity contribution in [3.05, 3.63) is 70.1 Å². The first-order valence-electron chi connectivity index (χ1n) is 10.1. The molecule has 4 rings (SSSR count). The Bertz CT molecular complexity index is 1280. The second-order valence-electron chi connectivity index (χ2n) is 7.83. The summed E-state index contributed by atoms with van der Waals surface area (Å²) in [7, 11) is 3.93. The fraction of sp³-hybridized carbons (Fsp3) is 0.200. The number of likely N-dealkylation sites (N-methyl/N-ethyl adjacent to an activating group) is 1. The van der Waals surface area contributed by atoms with Crippen LogP contribution in [0.2, 0.25) is 0 Å². The summed E-state index contributed by atoms with van der Waals surface area (Å²) in [6.45, 7) is 1.27. The number of hydrogen-bond donors (Lipinski definition) is 2. The standard InChI is InChI=1S/C25H24N3O3/c1-28(2)10-9-26-25(31)17-5-3-16(4-6-17)18-7-8-21-20(15-29)11-19-13-24(30)27-14-23(19)22(21)12-18/h3-8,11-14,29H,9-10,15H2,1-2H3,(H,26,31). The van der Waals surface area contributed by atoms with Gasteiger partial charge in [0.2, 0.25) is 0 Å². The highest BCUT2D eigenvalue weighted by Crippen LogP contribution is 2.25. The number of nitrogens with zero attached hydrogens (tertiary/aromatic N) is 2. The van der Waals surface area contributed by atoms with Crippen LogP contribution in [0.3, 0.4) is 0 Å². The van der Waals surface area contributed by atoms with E-state index in [9.17, 15) is 14.7 Å². The number of carbonyl (C=O) groups is 2. The van der Waals surface area contributed by atoms with Gasteiger partial charge in [-0.2, -0.15) is 0 Å². The lowest BCUT2D eigenvalue weighted by Crippen LogP contribution is -2.34. The summed E-state index contributed by atoms with van der Waals surface area (Å²) in [5, 5.41) is 20.1. The maximum Gasteiger partial charge on any atom is 0.270 e. The molecule has 3 aromatic carbocycles. The van der Waals surface area contributed by atoms with Gasteiger partial charge in [-0.15, -0.1) is 0 Å². The molecule has 157 valence electrons. The molecule has 2 N–H and O–H groups in total. The molecule has 31 heavy (non-hydrogen) atoms. The number of fused-ring (bicyclic) bond motifs is 3. The van der Waals surface area contributed by atoms with E-state index in [2.05, 4.69) is 10.6 Å². The van der Waals surface area contributed by atoms with Crippen LogP contribution in [0.25, 0.3) is 34.2 Å². The Morgan fingerprint density at radius 1 is 1.03 bits per heavy atom. The maximum atomic E-state index is 12.3. The SMILES string of the molecule is CN(C)CCNC(=O)c1ccc(-c2ccc3c(CO)cc4c(c3c2)=C[N]C(=O)C=4)cc1. The molecule has 0 atom stereocenters. The van der Waals surface area contributed by atoms with Crippen LogP contribution >= 0.6 is 0 Å². The number of rotatable bonds is 6. The molecule has 3 aromatic rings. The molecule has 6 heteroatoms.